The summed E-state index contributed by atoms with van der Waals surface area (Å²) >= 11 is 12.1. The van der Waals surface area contributed by atoms with E-state index in [9.17, 15) is 0 Å². The summed E-state index contributed by atoms with van der Waals surface area (Å²) in [6.07, 6.45) is 2.82. The lowest BCUT2D eigenvalue weighted by atomic mass is 10.1. The normalized spacial score (nSPS) is 10.8. The van der Waals surface area contributed by atoms with Crippen LogP contribution in [0.2, 0.25) is 10.0 Å². The van der Waals surface area contributed by atoms with E-state index in [0.29, 0.717) is 21.4 Å². The molecule has 0 bridgehead atoms. The van der Waals surface area contributed by atoms with Gasteiger partial charge in [-0.25, -0.2) is 0 Å². The van der Waals surface area contributed by atoms with Crippen molar-refractivity contribution in [1.82, 2.24) is 9.78 Å². The first-order valence-corrected chi connectivity index (χ1v) is 6.15. The van der Waals surface area contributed by atoms with E-state index in [1.54, 1.807) is 18.2 Å². The van der Waals surface area contributed by atoms with E-state index in [1.807, 2.05) is 10.9 Å². The van der Waals surface area contributed by atoms with Crippen molar-refractivity contribution in [1.29, 1.82) is 0 Å². The molecule has 0 saturated heterocycles. The van der Waals surface area contributed by atoms with Crippen LogP contribution >= 0.6 is 23.2 Å². The van der Waals surface area contributed by atoms with Gasteiger partial charge < -0.3 is 5.73 Å². The number of anilines is 1. The average Bonchev–Trinajstić information content (AvgIpc) is 2.64. The largest absolute Gasteiger partial charge is 0.396 e. The van der Waals surface area contributed by atoms with Gasteiger partial charge in [0.15, 0.2) is 0 Å². The van der Waals surface area contributed by atoms with E-state index in [0.717, 1.165) is 18.5 Å². The number of nitrogens with two attached hydrogens (primary N) is 1. The number of nitrogen functional groups attached to an aromatic ring is 1. The van der Waals surface area contributed by atoms with E-state index in [-0.39, 0.29) is 0 Å². The standard InChI is InChI=1S/C12H13Cl2N3/c1-2-5-17-7-11(15)12(16-17)9-6-8(13)3-4-10(9)14/h3-4,6-7H,2,5,15H2,1H3. The van der Waals surface area contributed by atoms with Crippen molar-refractivity contribution in [2.24, 2.45) is 0 Å². The van der Waals surface area contributed by atoms with Gasteiger partial charge in [-0.2, -0.15) is 5.10 Å². The van der Waals surface area contributed by atoms with Crippen LogP contribution in [0.4, 0.5) is 5.69 Å². The Hall–Kier alpha value is -1.19. The Morgan fingerprint density at radius 2 is 2.12 bits per heavy atom. The fourth-order valence-corrected chi connectivity index (χ4v) is 2.05. The summed E-state index contributed by atoms with van der Waals surface area (Å²) in [6.45, 7) is 2.92. The third-order valence-corrected chi connectivity index (χ3v) is 2.99. The molecule has 3 nitrogen and oxygen atoms in total. The van der Waals surface area contributed by atoms with Gasteiger partial charge in [0.25, 0.3) is 0 Å². The lowest BCUT2D eigenvalue weighted by Crippen LogP contribution is -1.96. The SMILES string of the molecule is CCCn1cc(N)c(-c2cc(Cl)ccc2Cl)n1. The van der Waals surface area contributed by atoms with Crippen LogP contribution in [0.3, 0.4) is 0 Å². The molecule has 0 unspecified atom stereocenters. The second kappa shape index (κ2) is 4.98. The Kier molecular flexibility index (Phi) is 3.60. The zero-order valence-electron chi connectivity index (χ0n) is 9.45. The van der Waals surface area contributed by atoms with Crippen molar-refractivity contribution in [2.75, 3.05) is 5.73 Å². The summed E-state index contributed by atoms with van der Waals surface area (Å²) in [5.41, 5.74) is 8.01. The molecule has 1 aromatic carbocycles. The minimum Gasteiger partial charge on any atom is -0.396 e. The molecule has 17 heavy (non-hydrogen) atoms. The highest BCUT2D eigenvalue weighted by molar-refractivity contribution is 6.35. The van der Waals surface area contributed by atoms with Gasteiger partial charge in [-0.3, -0.25) is 4.68 Å². The van der Waals surface area contributed by atoms with Gasteiger partial charge in [0.2, 0.25) is 0 Å². The van der Waals surface area contributed by atoms with Crippen LogP contribution in [0.15, 0.2) is 24.4 Å². The Balaban J connectivity index is 2.48. The van der Waals surface area contributed by atoms with Crippen LogP contribution in [-0.2, 0) is 6.54 Å². The molecule has 2 N–H and O–H groups in total. The molecule has 0 atom stereocenters. The lowest BCUT2D eigenvalue weighted by Gasteiger charge is -2.02. The van der Waals surface area contributed by atoms with Gasteiger partial charge in [0, 0.05) is 23.3 Å². The maximum atomic E-state index is 6.13. The molecule has 0 aliphatic heterocycles. The first-order chi connectivity index (χ1) is 8.11. The molecule has 0 aliphatic carbocycles. The van der Waals surface area contributed by atoms with Crippen LogP contribution in [0.1, 0.15) is 13.3 Å². The topological polar surface area (TPSA) is 43.8 Å². The molecular formula is C12H13Cl2N3. The van der Waals surface area contributed by atoms with Gasteiger partial charge in [-0.05, 0) is 24.6 Å². The molecule has 0 saturated carbocycles. The molecule has 0 amide bonds. The number of aryl methyl sites for hydroxylation is 1. The molecule has 2 rings (SSSR count). The lowest BCUT2D eigenvalue weighted by molar-refractivity contribution is 0.605. The van der Waals surface area contributed by atoms with Crippen LogP contribution in [0, 0.1) is 0 Å². The van der Waals surface area contributed by atoms with Crippen LogP contribution < -0.4 is 5.73 Å². The number of hydrogen-bond acceptors (Lipinski definition) is 2. The van der Waals surface area contributed by atoms with Gasteiger partial charge in [0.05, 0.1) is 10.7 Å². The molecule has 90 valence electrons. The van der Waals surface area contributed by atoms with Crippen LogP contribution in [-0.4, -0.2) is 9.78 Å². The van der Waals surface area contributed by atoms with Gasteiger partial charge in [-0.15, -0.1) is 0 Å². The zero-order valence-corrected chi connectivity index (χ0v) is 11.0. The predicted molar refractivity (Wildman–Crippen MR) is 72.4 cm³/mol. The molecule has 1 aromatic heterocycles. The number of hydrogen-bond donors (Lipinski definition) is 1. The van der Waals surface area contributed by atoms with Crippen molar-refractivity contribution >= 4 is 28.9 Å². The number of aromatic nitrogens is 2. The molecule has 5 heteroatoms. The maximum Gasteiger partial charge on any atom is 0.117 e. The third kappa shape index (κ3) is 2.56. The summed E-state index contributed by atoms with van der Waals surface area (Å²) < 4.78 is 1.82. The zero-order chi connectivity index (χ0) is 12.4. The highest BCUT2D eigenvalue weighted by atomic mass is 35.5. The quantitative estimate of drug-likeness (QED) is 0.920. The Labute approximate surface area is 110 Å². The van der Waals surface area contributed by atoms with E-state index >= 15 is 0 Å². The summed E-state index contributed by atoms with van der Waals surface area (Å²) in [5.74, 6) is 0. The monoisotopic (exact) mass is 269 g/mol. The number of benzene rings is 1. The fourth-order valence-electron chi connectivity index (χ4n) is 1.67. The smallest absolute Gasteiger partial charge is 0.117 e. The van der Waals surface area contributed by atoms with Crippen LogP contribution in [0.5, 0.6) is 0 Å². The Morgan fingerprint density at radius 3 is 2.82 bits per heavy atom. The van der Waals surface area contributed by atoms with Gasteiger partial charge in [-0.1, -0.05) is 30.1 Å². The van der Waals surface area contributed by atoms with E-state index in [4.69, 9.17) is 28.9 Å². The molecule has 0 fully saturated rings. The maximum absolute atomic E-state index is 6.13. The number of rotatable bonds is 3. The van der Waals surface area contributed by atoms with Crippen molar-refractivity contribution in [3.8, 4) is 11.3 Å². The van der Waals surface area contributed by atoms with Crippen molar-refractivity contribution in [2.45, 2.75) is 19.9 Å². The molecular weight excluding hydrogens is 257 g/mol. The second-order valence-electron chi connectivity index (χ2n) is 3.82. The first-order valence-electron chi connectivity index (χ1n) is 5.40. The van der Waals surface area contributed by atoms with E-state index < -0.39 is 0 Å². The Bertz CT molecular complexity index is 535. The minimum absolute atomic E-state index is 0.600. The summed E-state index contributed by atoms with van der Waals surface area (Å²) in [4.78, 5) is 0. The summed E-state index contributed by atoms with van der Waals surface area (Å²) in [7, 11) is 0. The molecule has 0 radical (unpaired) electrons. The van der Waals surface area contributed by atoms with Crippen molar-refractivity contribution < 1.29 is 0 Å². The summed E-state index contributed by atoms with van der Waals surface area (Å²) in [6, 6.07) is 5.27. The predicted octanol–water partition coefficient (Wildman–Crippen LogP) is 3.85. The minimum atomic E-state index is 0.600. The first kappa shape index (κ1) is 12.3. The number of halogens is 2. The van der Waals surface area contributed by atoms with E-state index in [2.05, 4.69) is 12.0 Å². The van der Waals surface area contributed by atoms with Crippen LogP contribution in [0.25, 0.3) is 11.3 Å². The molecule has 0 aliphatic rings. The van der Waals surface area contributed by atoms with Crippen molar-refractivity contribution in [3.63, 3.8) is 0 Å². The highest BCUT2D eigenvalue weighted by Crippen LogP contribution is 2.32. The summed E-state index contributed by atoms with van der Waals surface area (Å²) in [5, 5.41) is 5.64. The van der Waals surface area contributed by atoms with Gasteiger partial charge >= 0.3 is 0 Å². The molecule has 0 spiro atoms. The third-order valence-electron chi connectivity index (χ3n) is 2.43. The molecule has 2 aromatic rings. The Morgan fingerprint density at radius 1 is 1.35 bits per heavy atom. The van der Waals surface area contributed by atoms with E-state index in [1.165, 1.54) is 0 Å². The fraction of sp³-hybridized carbons (Fsp3) is 0.250. The average molecular weight is 270 g/mol. The van der Waals surface area contributed by atoms with Gasteiger partial charge in [0.1, 0.15) is 5.69 Å². The second-order valence-corrected chi connectivity index (χ2v) is 4.66. The molecule has 1 heterocycles. The highest BCUT2D eigenvalue weighted by Gasteiger charge is 2.12. The van der Waals surface area contributed by atoms with Crippen molar-refractivity contribution in [3.05, 3.63) is 34.4 Å². The number of nitrogens with zero attached hydrogens (tertiary/aromatic N) is 2.